The third kappa shape index (κ3) is 7.27. The highest BCUT2D eigenvalue weighted by atomic mass is 17.0. The molecule has 0 aromatic carbocycles. The first-order chi connectivity index (χ1) is 5.52. The van der Waals surface area contributed by atoms with Gasteiger partial charge in [-0.05, 0) is 12.8 Å². The summed E-state index contributed by atoms with van der Waals surface area (Å²) in [5, 5.41) is 8.96. The van der Waals surface area contributed by atoms with Crippen LogP contribution in [0, 0.1) is 16.0 Å². The van der Waals surface area contributed by atoms with E-state index in [1.54, 1.807) is 6.92 Å². The van der Waals surface area contributed by atoms with Gasteiger partial charge in [0.05, 0.1) is 6.10 Å². The largest absolute Gasteiger partial charge is 0.376 e. The Bertz CT molecular complexity index is 137. The van der Waals surface area contributed by atoms with E-state index in [1.807, 2.05) is 13.8 Å². The van der Waals surface area contributed by atoms with E-state index >= 15 is 0 Å². The Kier molecular flexibility index (Phi) is 5.36. The molecule has 0 saturated heterocycles. The monoisotopic (exact) mass is 177 g/mol. The molecule has 0 aromatic rings. The van der Waals surface area contributed by atoms with Crippen molar-refractivity contribution >= 4 is 0 Å². The zero-order valence-corrected chi connectivity index (χ0v) is 7.65. The zero-order valence-electron chi connectivity index (χ0n) is 7.65. The molecule has 0 aliphatic carbocycles. The van der Waals surface area contributed by atoms with Crippen LogP contribution < -0.4 is 0 Å². The van der Waals surface area contributed by atoms with Crippen molar-refractivity contribution in [2.75, 3.05) is 13.2 Å². The Labute approximate surface area is 71.8 Å². The van der Waals surface area contributed by atoms with Gasteiger partial charge in [0.1, 0.15) is 6.61 Å². The molecule has 5 heteroatoms. The molecule has 12 heavy (non-hydrogen) atoms. The van der Waals surface area contributed by atoms with E-state index in [0.717, 1.165) is 0 Å². The molecule has 0 bridgehead atoms. The van der Waals surface area contributed by atoms with Crippen LogP contribution in [0.2, 0.25) is 0 Å². The maximum absolute atomic E-state index is 9.77. The van der Waals surface area contributed by atoms with Gasteiger partial charge in [0.15, 0.2) is 0 Å². The second-order valence-electron chi connectivity index (χ2n) is 3.06. The third-order valence-corrected chi connectivity index (χ3v) is 1.13. The van der Waals surface area contributed by atoms with Crippen LogP contribution in [0.5, 0.6) is 0 Å². The van der Waals surface area contributed by atoms with Crippen molar-refractivity contribution in [1.29, 1.82) is 0 Å². The lowest BCUT2D eigenvalue weighted by atomic mass is 10.2. The molecule has 0 rings (SSSR count). The number of hydrogen-bond acceptors (Lipinski definition) is 4. The molecule has 0 N–H and O–H groups in total. The average molecular weight is 177 g/mol. The quantitative estimate of drug-likeness (QED) is 0.452. The highest BCUT2D eigenvalue weighted by Crippen LogP contribution is 1.98. The Morgan fingerprint density at radius 2 is 1.92 bits per heavy atom. The third-order valence-electron chi connectivity index (χ3n) is 1.13. The molecular weight excluding hydrogens is 162 g/mol. The van der Waals surface area contributed by atoms with Gasteiger partial charge in [-0.15, -0.1) is 10.1 Å². The predicted octanol–water partition coefficient (Wildman–Crippen LogP) is 1.26. The highest BCUT2D eigenvalue weighted by Gasteiger charge is 2.05. The number of nitrogens with zero attached hydrogens (tertiary/aromatic N) is 1. The molecule has 1 unspecified atom stereocenters. The molecule has 0 amide bonds. The summed E-state index contributed by atoms with van der Waals surface area (Å²) in [7, 11) is 0. The molecular formula is C7H15NO4. The summed E-state index contributed by atoms with van der Waals surface area (Å²) < 4.78 is 5.22. The minimum absolute atomic E-state index is 0.000278. The summed E-state index contributed by atoms with van der Waals surface area (Å²) in [6, 6.07) is 0. The minimum Gasteiger partial charge on any atom is -0.376 e. The van der Waals surface area contributed by atoms with Crippen LogP contribution in [-0.2, 0) is 9.57 Å². The van der Waals surface area contributed by atoms with E-state index in [0.29, 0.717) is 12.5 Å². The Balaban J connectivity index is 3.33. The van der Waals surface area contributed by atoms with E-state index in [2.05, 4.69) is 4.84 Å². The fraction of sp³-hybridized carbons (Fsp3) is 1.00. The fourth-order valence-corrected chi connectivity index (χ4v) is 0.571. The molecule has 0 aliphatic rings. The van der Waals surface area contributed by atoms with E-state index in [9.17, 15) is 10.1 Å². The van der Waals surface area contributed by atoms with Crippen molar-refractivity contribution in [3.05, 3.63) is 10.1 Å². The van der Waals surface area contributed by atoms with E-state index in [-0.39, 0.29) is 12.7 Å². The number of hydrogen-bond donors (Lipinski definition) is 0. The minimum atomic E-state index is -0.810. The van der Waals surface area contributed by atoms with Crippen molar-refractivity contribution < 1.29 is 14.7 Å². The lowest BCUT2D eigenvalue weighted by Gasteiger charge is -2.12. The van der Waals surface area contributed by atoms with Crippen molar-refractivity contribution in [3.63, 3.8) is 0 Å². The van der Waals surface area contributed by atoms with Crippen LogP contribution >= 0.6 is 0 Å². The van der Waals surface area contributed by atoms with Gasteiger partial charge in [-0.1, -0.05) is 13.8 Å². The molecule has 5 nitrogen and oxygen atoms in total. The first kappa shape index (κ1) is 11.2. The molecule has 0 aromatic heterocycles. The maximum atomic E-state index is 9.77. The van der Waals surface area contributed by atoms with Crippen molar-refractivity contribution in [3.8, 4) is 0 Å². The van der Waals surface area contributed by atoms with Gasteiger partial charge in [0, 0.05) is 6.61 Å². The highest BCUT2D eigenvalue weighted by molar-refractivity contribution is 4.47. The van der Waals surface area contributed by atoms with Gasteiger partial charge < -0.3 is 9.57 Å². The second kappa shape index (κ2) is 5.77. The standard InChI is InChI=1S/C7H15NO4/c1-6(2)4-11-7(3)5-12-8(9)10/h6-7H,4-5H2,1-3H3. The molecule has 0 radical (unpaired) electrons. The van der Waals surface area contributed by atoms with Crippen molar-refractivity contribution in [2.24, 2.45) is 5.92 Å². The Morgan fingerprint density at radius 3 is 2.33 bits per heavy atom. The molecule has 0 spiro atoms. The van der Waals surface area contributed by atoms with Crippen LogP contribution in [0.15, 0.2) is 0 Å². The number of rotatable bonds is 6. The summed E-state index contributed by atoms with van der Waals surface area (Å²) in [6.07, 6.45) is -0.224. The topological polar surface area (TPSA) is 61.6 Å². The van der Waals surface area contributed by atoms with E-state index < -0.39 is 5.09 Å². The van der Waals surface area contributed by atoms with Gasteiger partial charge in [-0.2, -0.15) is 0 Å². The van der Waals surface area contributed by atoms with Crippen molar-refractivity contribution in [1.82, 2.24) is 0 Å². The second-order valence-corrected chi connectivity index (χ2v) is 3.06. The summed E-state index contributed by atoms with van der Waals surface area (Å²) in [5.41, 5.74) is 0. The van der Waals surface area contributed by atoms with Crippen LogP contribution in [0.4, 0.5) is 0 Å². The van der Waals surface area contributed by atoms with Crippen molar-refractivity contribution in [2.45, 2.75) is 26.9 Å². The summed E-state index contributed by atoms with van der Waals surface area (Å²) in [6.45, 7) is 6.37. The normalized spacial score (nSPS) is 13.0. The van der Waals surface area contributed by atoms with Crippen LogP contribution in [0.25, 0.3) is 0 Å². The van der Waals surface area contributed by atoms with Gasteiger partial charge in [0.2, 0.25) is 0 Å². The van der Waals surface area contributed by atoms with Crippen LogP contribution in [0.1, 0.15) is 20.8 Å². The molecule has 1 atom stereocenters. The number of ether oxygens (including phenoxy) is 1. The Morgan fingerprint density at radius 1 is 1.33 bits per heavy atom. The summed E-state index contributed by atoms with van der Waals surface area (Å²) in [4.78, 5) is 13.9. The zero-order chi connectivity index (χ0) is 9.56. The Hall–Kier alpha value is -0.840. The SMILES string of the molecule is CC(C)COC(C)CO[N+](=O)[O-]. The molecule has 0 saturated carbocycles. The first-order valence-corrected chi connectivity index (χ1v) is 3.91. The predicted molar refractivity (Wildman–Crippen MR) is 43.2 cm³/mol. The smallest absolute Gasteiger partial charge is 0.294 e. The summed E-state index contributed by atoms with van der Waals surface area (Å²) in [5.74, 6) is 0.433. The first-order valence-electron chi connectivity index (χ1n) is 3.91. The molecule has 0 aliphatic heterocycles. The molecule has 72 valence electrons. The lowest BCUT2D eigenvalue weighted by molar-refractivity contribution is -0.759. The van der Waals surface area contributed by atoms with Crippen LogP contribution in [0.3, 0.4) is 0 Å². The maximum Gasteiger partial charge on any atom is 0.294 e. The molecule has 0 fully saturated rings. The van der Waals surface area contributed by atoms with Gasteiger partial charge in [-0.3, -0.25) is 0 Å². The van der Waals surface area contributed by atoms with E-state index in [1.165, 1.54) is 0 Å². The molecule has 0 heterocycles. The average Bonchev–Trinajstić information content (AvgIpc) is 1.96. The van der Waals surface area contributed by atoms with Gasteiger partial charge in [0.25, 0.3) is 5.09 Å². The van der Waals surface area contributed by atoms with Crippen LogP contribution in [-0.4, -0.2) is 24.4 Å². The van der Waals surface area contributed by atoms with Gasteiger partial charge >= 0.3 is 0 Å². The lowest BCUT2D eigenvalue weighted by Crippen LogP contribution is -2.20. The fourth-order valence-electron chi connectivity index (χ4n) is 0.571. The summed E-state index contributed by atoms with van der Waals surface area (Å²) >= 11 is 0. The van der Waals surface area contributed by atoms with Gasteiger partial charge in [-0.25, -0.2) is 0 Å². The van der Waals surface area contributed by atoms with E-state index in [4.69, 9.17) is 4.74 Å².